The zero-order valence-corrected chi connectivity index (χ0v) is 10.9. The second kappa shape index (κ2) is 6.63. The molecule has 1 unspecified atom stereocenters. The van der Waals surface area contributed by atoms with Crippen molar-refractivity contribution in [1.29, 1.82) is 0 Å². The highest BCUT2D eigenvalue weighted by molar-refractivity contribution is 5.06. The van der Waals surface area contributed by atoms with Crippen molar-refractivity contribution in [2.45, 2.75) is 50.8 Å². The highest BCUT2D eigenvalue weighted by atomic mass is 16.6. The van der Waals surface area contributed by atoms with E-state index < -0.39 is 11.0 Å². The van der Waals surface area contributed by atoms with Crippen LogP contribution in [0.25, 0.3) is 0 Å². The first kappa shape index (κ1) is 14.0. The molecule has 1 aliphatic rings. The van der Waals surface area contributed by atoms with Crippen LogP contribution in [0, 0.1) is 10.1 Å². The monoisotopic (exact) mass is 268 g/mol. The number of imidazole rings is 1. The van der Waals surface area contributed by atoms with E-state index >= 15 is 0 Å². The Balaban J connectivity index is 1.78. The summed E-state index contributed by atoms with van der Waals surface area (Å²) in [6.07, 6.45) is 8.32. The largest absolute Gasteiger partial charge is 0.434 e. The van der Waals surface area contributed by atoms with E-state index in [0.717, 1.165) is 12.8 Å². The predicted molar refractivity (Wildman–Crippen MR) is 69.8 cm³/mol. The molecule has 7 nitrogen and oxygen atoms in total. The number of aliphatic hydroxyl groups excluding tert-OH is 1. The Hall–Kier alpha value is -1.47. The fourth-order valence-electron chi connectivity index (χ4n) is 2.52. The number of aromatic nitrogens is 2. The van der Waals surface area contributed by atoms with Gasteiger partial charge in [-0.2, -0.15) is 0 Å². The van der Waals surface area contributed by atoms with Crippen LogP contribution in [0.1, 0.15) is 32.1 Å². The minimum atomic E-state index is -0.644. The molecule has 0 bridgehead atoms. The Labute approximate surface area is 111 Å². The summed E-state index contributed by atoms with van der Waals surface area (Å²) < 4.78 is 1.37. The summed E-state index contributed by atoms with van der Waals surface area (Å²) in [5, 5.41) is 23.9. The van der Waals surface area contributed by atoms with E-state index in [-0.39, 0.29) is 12.5 Å². The van der Waals surface area contributed by atoms with Crippen LogP contribution in [0.5, 0.6) is 0 Å². The van der Waals surface area contributed by atoms with Crippen molar-refractivity contribution in [3.8, 4) is 0 Å². The Morgan fingerprint density at radius 1 is 1.53 bits per heavy atom. The van der Waals surface area contributed by atoms with E-state index in [1.54, 1.807) is 0 Å². The summed E-state index contributed by atoms with van der Waals surface area (Å²) in [7, 11) is 0. The molecule has 0 saturated heterocycles. The van der Waals surface area contributed by atoms with Gasteiger partial charge in [0.25, 0.3) is 0 Å². The van der Waals surface area contributed by atoms with Crippen molar-refractivity contribution in [2.75, 3.05) is 6.54 Å². The van der Waals surface area contributed by atoms with Crippen molar-refractivity contribution in [3.05, 3.63) is 22.5 Å². The van der Waals surface area contributed by atoms with Gasteiger partial charge in [0.05, 0.1) is 12.6 Å². The molecule has 1 fully saturated rings. The van der Waals surface area contributed by atoms with Crippen molar-refractivity contribution in [3.63, 3.8) is 0 Å². The molecule has 2 N–H and O–H groups in total. The fourth-order valence-corrected chi connectivity index (χ4v) is 2.52. The molecular weight excluding hydrogens is 248 g/mol. The van der Waals surface area contributed by atoms with Crippen LogP contribution >= 0.6 is 0 Å². The number of nitro groups is 1. The zero-order chi connectivity index (χ0) is 13.7. The summed E-state index contributed by atoms with van der Waals surface area (Å²) in [6.45, 7) is 0.649. The molecule has 1 aromatic rings. The van der Waals surface area contributed by atoms with Crippen molar-refractivity contribution in [2.24, 2.45) is 0 Å². The summed E-state index contributed by atoms with van der Waals surface area (Å²) in [5.74, 6) is -0.225. The lowest BCUT2D eigenvalue weighted by Crippen LogP contribution is -2.38. The van der Waals surface area contributed by atoms with Crippen LogP contribution in [0.15, 0.2) is 12.4 Å². The van der Waals surface area contributed by atoms with E-state index in [9.17, 15) is 15.2 Å². The van der Waals surface area contributed by atoms with Crippen LogP contribution in [-0.4, -0.2) is 38.3 Å². The lowest BCUT2D eigenvalue weighted by Gasteiger charge is -2.24. The molecule has 106 valence electrons. The Bertz CT molecular complexity index is 415. The second-order valence-electron chi connectivity index (χ2n) is 5.03. The molecule has 2 rings (SSSR count). The van der Waals surface area contributed by atoms with Crippen LogP contribution in [0.3, 0.4) is 0 Å². The molecule has 1 heterocycles. The maximum absolute atomic E-state index is 10.7. The number of hydrogen-bond acceptors (Lipinski definition) is 5. The molecule has 0 spiro atoms. The lowest BCUT2D eigenvalue weighted by molar-refractivity contribution is -0.397. The van der Waals surface area contributed by atoms with Gasteiger partial charge in [-0.25, -0.2) is 4.57 Å². The van der Waals surface area contributed by atoms with Crippen molar-refractivity contribution >= 4 is 5.95 Å². The molecule has 7 heteroatoms. The van der Waals surface area contributed by atoms with Crippen LogP contribution in [0.4, 0.5) is 5.95 Å². The third kappa shape index (κ3) is 4.00. The minimum Gasteiger partial charge on any atom is -0.390 e. The van der Waals surface area contributed by atoms with Crippen LogP contribution < -0.4 is 5.32 Å². The number of nitrogens with zero attached hydrogens (tertiary/aromatic N) is 3. The van der Waals surface area contributed by atoms with Crippen molar-refractivity contribution in [1.82, 2.24) is 14.9 Å². The highest BCUT2D eigenvalue weighted by Crippen LogP contribution is 2.17. The molecular formula is C12H20N4O3. The van der Waals surface area contributed by atoms with Gasteiger partial charge in [-0.15, -0.1) is 0 Å². The average molecular weight is 268 g/mol. The second-order valence-corrected chi connectivity index (χ2v) is 5.03. The summed E-state index contributed by atoms with van der Waals surface area (Å²) in [6, 6.07) is 0.473. The molecule has 1 aromatic heterocycles. The SMILES string of the molecule is O=[N+]([O-])c1nccn1CC(O)CNC1CCCCC1. The van der Waals surface area contributed by atoms with Gasteiger partial charge >= 0.3 is 5.95 Å². The maximum Gasteiger partial charge on any atom is 0.434 e. The third-order valence-corrected chi connectivity index (χ3v) is 3.51. The first-order chi connectivity index (χ1) is 9.16. The topological polar surface area (TPSA) is 93.2 Å². The molecule has 0 aromatic carbocycles. The lowest BCUT2D eigenvalue weighted by atomic mass is 9.95. The van der Waals surface area contributed by atoms with Gasteiger partial charge in [-0.3, -0.25) is 0 Å². The van der Waals surface area contributed by atoms with E-state index in [0.29, 0.717) is 12.6 Å². The quantitative estimate of drug-likeness (QED) is 0.594. The van der Waals surface area contributed by atoms with Gasteiger partial charge in [0.1, 0.15) is 12.4 Å². The Morgan fingerprint density at radius 2 is 2.26 bits per heavy atom. The molecule has 1 aliphatic carbocycles. The standard InChI is InChI=1S/C12H20N4O3/c17-11(8-14-10-4-2-1-3-5-10)9-15-7-6-13-12(15)16(18)19/h6-7,10-11,14,17H,1-5,8-9H2. The normalized spacial score (nSPS) is 18.4. The molecule has 0 amide bonds. The first-order valence-electron chi connectivity index (χ1n) is 6.74. The summed E-state index contributed by atoms with van der Waals surface area (Å²) in [5.41, 5.74) is 0. The molecule has 1 saturated carbocycles. The predicted octanol–water partition coefficient (Wildman–Crippen LogP) is 1.07. The average Bonchev–Trinajstić information content (AvgIpc) is 2.86. The third-order valence-electron chi connectivity index (χ3n) is 3.51. The van der Waals surface area contributed by atoms with Gasteiger partial charge in [-0.1, -0.05) is 24.2 Å². The van der Waals surface area contributed by atoms with Gasteiger partial charge in [0.15, 0.2) is 0 Å². The van der Waals surface area contributed by atoms with E-state index in [1.807, 2.05) is 0 Å². The molecule has 19 heavy (non-hydrogen) atoms. The summed E-state index contributed by atoms with van der Waals surface area (Å²) in [4.78, 5) is 13.8. The van der Waals surface area contributed by atoms with Crippen LogP contribution in [-0.2, 0) is 6.54 Å². The number of hydrogen-bond donors (Lipinski definition) is 2. The van der Waals surface area contributed by atoms with Crippen molar-refractivity contribution < 1.29 is 10.0 Å². The fraction of sp³-hybridized carbons (Fsp3) is 0.750. The van der Waals surface area contributed by atoms with Gasteiger partial charge in [-0.05, 0) is 17.8 Å². The number of nitrogens with one attached hydrogen (secondary N) is 1. The van der Waals surface area contributed by atoms with E-state index in [2.05, 4.69) is 10.3 Å². The highest BCUT2D eigenvalue weighted by Gasteiger charge is 2.19. The number of aliphatic hydroxyl groups is 1. The molecule has 0 aliphatic heterocycles. The molecule has 0 radical (unpaired) electrons. The number of rotatable bonds is 6. The Kier molecular flexibility index (Phi) is 4.86. The minimum absolute atomic E-state index is 0.191. The smallest absolute Gasteiger partial charge is 0.390 e. The first-order valence-corrected chi connectivity index (χ1v) is 6.74. The zero-order valence-electron chi connectivity index (χ0n) is 10.9. The van der Waals surface area contributed by atoms with Gasteiger partial charge < -0.3 is 20.5 Å². The maximum atomic E-state index is 10.7. The van der Waals surface area contributed by atoms with Gasteiger partial charge in [0.2, 0.25) is 0 Å². The summed E-state index contributed by atoms with van der Waals surface area (Å²) >= 11 is 0. The van der Waals surface area contributed by atoms with E-state index in [1.165, 1.54) is 36.2 Å². The van der Waals surface area contributed by atoms with Crippen LogP contribution in [0.2, 0.25) is 0 Å². The van der Waals surface area contributed by atoms with E-state index in [4.69, 9.17) is 0 Å². The molecule has 1 atom stereocenters. The Morgan fingerprint density at radius 3 is 2.95 bits per heavy atom. The van der Waals surface area contributed by atoms with Gasteiger partial charge in [0, 0.05) is 12.6 Å².